The van der Waals surface area contributed by atoms with E-state index in [2.05, 4.69) is 20.3 Å². The maximum atomic E-state index is 12.2. The van der Waals surface area contributed by atoms with Crippen LogP contribution in [0.5, 0.6) is 5.75 Å². The summed E-state index contributed by atoms with van der Waals surface area (Å²) in [6.07, 6.45) is -4.80. The number of halogens is 3. The number of rotatable bonds is 7. The van der Waals surface area contributed by atoms with Crippen LogP contribution in [-0.2, 0) is 10.0 Å². The molecule has 0 atom stereocenters. The molecule has 3 N–H and O–H groups in total. The summed E-state index contributed by atoms with van der Waals surface area (Å²) in [4.78, 5) is 10.3. The van der Waals surface area contributed by atoms with E-state index in [0.717, 1.165) is 47.4 Å². The summed E-state index contributed by atoms with van der Waals surface area (Å²) in [5.41, 5.74) is -0.0628. The molecule has 0 spiro atoms. The summed E-state index contributed by atoms with van der Waals surface area (Å²) in [5, 5.41) is 27.1. The first-order valence-corrected chi connectivity index (χ1v) is 11.0. The van der Waals surface area contributed by atoms with Gasteiger partial charge in [0, 0.05) is 11.8 Å². The largest absolute Gasteiger partial charge is 0.573 e. The zero-order chi connectivity index (χ0) is 22.8. The Balaban J connectivity index is 1.74. The van der Waals surface area contributed by atoms with E-state index in [0.29, 0.717) is 10.0 Å². The number of hydrogen-bond acceptors (Lipinski definition) is 10. The molecule has 0 radical (unpaired) electrons. The third-order valence-corrected chi connectivity index (χ3v) is 6.26. The molecule has 0 aliphatic carbocycles. The topological polar surface area (TPSA) is 150 Å². The second-order valence-electron chi connectivity index (χ2n) is 5.60. The number of nitrogens with zero attached hydrogens (tertiary/aromatic N) is 3. The van der Waals surface area contributed by atoms with Gasteiger partial charge in [-0.15, -0.1) is 23.4 Å². The molecule has 0 unspecified atom stereocenters. The first kappa shape index (κ1) is 22.7. The molecule has 0 aliphatic heterocycles. The van der Waals surface area contributed by atoms with Crippen molar-refractivity contribution in [1.29, 1.82) is 0 Å². The van der Waals surface area contributed by atoms with Gasteiger partial charge in [0.15, 0.2) is 4.34 Å². The fourth-order valence-corrected chi connectivity index (χ4v) is 4.51. The Kier molecular flexibility index (Phi) is 6.35. The number of hydrogen-bond donors (Lipinski definition) is 2. The zero-order valence-electron chi connectivity index (χ0n) is 14.9. The van der Waals surface area contributed by atoms with Crippen LogP contribution in [0.15, 0.2) is 56.6 Å². The Morgan fingerprint density at radius 3 is 2.42 bits per heavy atom. The van der Waals surface area contributed by atoms with Crippen molar-refractivity contribution in [2.24, 2.45) is 5.14 Å². The number of anilines is 2. The van der Waals surface area contributed by atoms with E-state index in [1.807, 2.05) is 0 Å². The monoisotopic (exact) mass is 493 g/mol. The standard InChI is InChI=1S/C15H10F3N5O5S3/c16-15(17,18)28-9-3-1-8(2-4-9)20-13-21-22-14(30-13)29-12-6-5-10(31(19,26)27)7-11(12)23(24)25/h1-7H,(H,20,21)(H2,19,26,27). The van der Waals surface area contributed by atoms with Crippen molar-refractivity contribution in [2.75, 3.05) is 5.32 Å². The predicted molar refractivity (Wildman–Crippen MR) is 105 cm³/mol. The van der Waals surface area contributed by atoms with Gasteiger partial charge in [0.1, 0.15) is 5.75 Å². The summed E-state index contributed by atoms with van der Waals surface area (Å²) < 4.78 is 63.5. The second kappa shape index (κ2) is 8.66. The van der Waals surface area contributed by atoms with Gasteiger partial charge >= 0.3 is 6.36 Å². The van der Waals surface area contributed by atoms with Crippen molar-refractivity contribution < 1.29 is 31.2 Å². The first-order chi connectivity index (χ1) is 14.4. The number of nitrogens with one attached hydrogen (secondary N) is 1. The quantitative estimate of drug-likeness (QED) is 0.369. The molecular weight excluding hydrogens is 483 g/mol. The smallest absolute Gasteiger partial charge is 0.406 e. The lowest BCUT2D eigenvalue weighted by Gasteiger charge is -2.09. The van der Waals surface area contributed by atoms with Gasteiger partial charge in [0.2, 0.25) is 15.2 Å². The summed E-state index contributed by atoms with van der Waals surface area (Å²) in [6.45, 7) is 0. The molecule has 10 nitrogen and oxygen atoms in total. The Bertz CT molecular complexity index is 1220. The number of nitro benzene ring substituents is 1. The number of nitrogens with two attached hydrogens (primary N) is 1. The number of ether oxygens (including phenoxy) is 1. The molecule has 2 aromatic carbocycles. The van der Waals surface area contributed by atoms with Crippen LogP contribution >= 0.6 is 23.1 Å². The van der Waals surface area contributed by atoms with Crippen molar-refractivity contribution in [3.8, 4) is 5.75 Å². The summed E-state index contributed by atoms with van der Waals surface area (Å²) in [6, 6.07) is 8.12. The SMILES string of the molecule is NS(=O)(=O)c1ccc(Sc2nnc(Nc3ccc(OC(F)(F)F)cc3)s2)c([N+](=O)[O-])c1. The van der Waals surface area contributed by atoms with Gasteiger partial charge in [-0.1, -0.05) is 11.3 Å². The second-order valence-corrected chi connectivity index (χ2v) is 9.43. The summed E-state index contributed by atoms with van der Waals surface area (Å²) in [7, 11) is -4.11. The van der Waals surface area contributed by atoms with Crippen molar-refractivity contribution in [1.82, 2.24) is 10.2 Å². The molecule has 0 aliphatic rings. The van der Waals surface area contributed by atoms with Crippen molar-refractivity contribution in [3.05, 3.63) is 52.6 Å². The van der Waals surface area contributed by atoms with E-state index in [9.17, 15) is 31.7 Å². The highest BCUT2D eigenvalue weighted by molar-refractivity contribution is 8.01. The minimum atomic E-state index is -4.80. The molecular formula is C15H10F3N5O5S3. The van der Waals surface area contributed by atoms with Gasteiger partial charge in [0.25, 0.3) is 5.69 Å². The van der Waals surface area contributed by atoms with Gasteiger partial charge in [-0.2, -0.15) is 0 Å². The van der Waals surface area contributed by atoms with Crippen LogP contribution in [0, 0.1) is 10.1 Å². The molecule has 3 aromatic rings. The zero-order valence-corrected chi connectivity index (χ0v) is 17.3. The van der Waals surface area contributed by atoms with Crippen LogP contribution in [0.1, 0.15) is 0 Å². The first-order valence-electron chi connectivity index (χ1n) is 7.86. The highest BCUT2D eigenvalue weighted by Gasteiger charge is 2.31. The van der Waals surface area contributed by atoms with Gasteiger partial charge in [-0.05, 0) is 48.2 Å². The lowest BCUT2D eigenvalue weighted by atomic mass is 10.3. The van der Waals surface area contributed by atoms with Gasteiger partial charge in [-0.25, -0.2) is 13.6 Å². The van der Waals surface area contributed by atoms with Crippen molar-refractivity contribution in [2.45, 2.75) is 20.5 Å². The third-order valence-electron chi connectivity index (χ3n) is 3.40. The Morgan fingerprint density at radius 2 is 1.84 bits per heavy atom. The molecule has 0 saturated heterocycles. The molecule has 0 amide bonds. The molecule has 0 fully saturated rings. The van der Waals surface area contributed by atoms with E-state index in [1.54, 1.807) is 0 Å². The highest BCUT2D eigenvalue weighted by Crippen LogP contribution is 2.38. The Labute approximate surface area is 180 Å². The molecule has 0 saturated carbocycles. The number of nitro groups is 1. The van der Waals surface area contributed by atoms with E-state index in [4.69, 9.17) is 5.14 Å². The van der Waals surface area contributed by atoms with Crippen molar-refractivity contribution in [3.63, 3.8) is 0 Å². The average molecular weight is 493 g/mol. The lowest BCUT2D eigenvalue weighted by molar-refractivity contribution is -0.388. The van der Waals surface area contributed by atoms with E-state index >= 15 is 0 Å². The van der Waals surface area contributed by atoms with Crippen LogP contribution in [0.4, 0.5) is 29.7 Å². The number of primary sulfonamides is 1. The number of aromatic nitrogens is 2. The van der Waals surface area contributed by atoms with Crippen LogP contribution in [0.3, 0.4) is 0 Å². The number of benzene rings is 2. The third kappa shape index (κ3) is 6.27. The van der Waals surface area contributed by atoms with Crippen LogP contribution in [-0.4, -0.2) is 29.9 Å². The summed E-state index contributed by atoms with van der Waals surface area (Å²) in [5.74, 6) is -0.387. The van der Waals surface area contributed by atoms with Gasteiger partial charge in [0.05, 0.1) is 14.7 Å². The minimum absolute atomic E-state index is 0.119. The van der Waals surface area contributed by atoms with Crippen LogP contribution in [0.25, 0.3) is 0 Å². The number of alkyl halides is 3. The van der Waals surface area contributed by atoms with E-state index in [-0.39, 0.29) is 15.8 Å². The Hall–Kier alpha value is -2.95. The molecule has 16 heteroatoms. The van der Waals surface area contributed by atoms with Crippen LogP contribution in [0.2, 0.25) is 0 Å². The van der Waals surface area contributed by atoms with E-state index < -0.39 is 31.9 Å². The minimum Gasteiger partial charge on any atom is -0.406 e. The number of sulfonamides is 1. The molecule has 1 aromatic heterocycles. The van der Waals surface area contributed by atoms with E-state index in [1.165, 1.54) is 18.2 Å². The Morgan fingerprint density at radius 1 is 1.16 bits per heavy atom. The predicted octanol–water partition coefficient (Wildman–Crippen LogP) is 3.89. The normalized spacial score (nSPS) is 11.9. The fraction of sp³-hybridized carbons (Fsp3) is 0.0667. The van der Waals surface area contributed by atoms with Gasteiger partial charge < -0.3 is 10.1 Å². The fourth-order valence-electron chi connectivity index (χ4n) is 2.16. The van der Waals surface area contributed by atoms with Crippen molar-refractivity contribution >= 4 is 49.6 Å². The maximum Gasteiger partial charge on any atom is 0.573 e. The molecule has 0 bridgehead atoms. The summed E-state index contributed by atoms with van der Waals surface area (Å²) >= 11 is 1.90. The van der Waals surface area contributed by atoms with Crippen LogP contribution < -0.4 is 15.2 Å². The molecule has 1 heterocycles. The lowest BCUT2D eigenvalue weighted by Crippen LogP contribution is -2.16. The maximum absolute atomic E-state index is 12.2. The molecule has 164 valence electrons. The molecule has 31 heavy (non-hydrogen) atoms. The highest BCUT2D eigenvalue weighted by atomic mass is 32.2. The average Bonchev–Trinajstić information content (AvgIpc) is 3.08. The van der Waals surface area contributed by atoms with Gasteiger partial charge in [-0.3, -0.25) is 10.1 Å². The molecule has 3 rings (SSSR count).